The molecule has 9 aromatic carbocycles. The van der Waals surface area contributed by atoms with Gasteiger partial charge in [-0.15, -0.1) is 0 Å². The van der Waals surface area contributed by atoms with Crippen molar-refractivity contribution in [2.24, 2.45) is 0 Å². The molecule has 290 valence electrons. The van der Waals surface area contributed by atoms with Crippen molar-refractivity contribution in [3.63, 3.8) is 0 Å². The van der Waals surface area contributed by atoms with Gasteiger partial charge in [0.2, 0.25) is 0 Å². The van der Waals surface area contributed by atoms with Crippen LogP contribution in [0.2, 0.25) is 0 Å². The van der Waals surface area contributed by atoms with Crippen molar-refractivity contribution in [3.05, 3.63) is 218 Å². The predicted octanol–water partition coefficient (Wildman–Crippen LogP) is 14.9. The molecule has 62 heavy (non-hydrogen) atoms. The maximum absolute atomic E-state index is 6.16. The van der Waals surface area contributed by atoms with Crippen molar-refractivity contribution in [2.75, 3.05) is 0 Å². The van der Waals surface area contributed by atoms with Crippen molar-refractivity contribution in [1.29, 1.82) is 0 Å². The molecule has 3 heterocycles. The van der Waals surface area contributed by atoms with E-state index >= 15 is 0 Å². The van der Waals surface area contributed by atoms with Gasteiger partial charge in [0.1, 0.15) is 11.2 Å². The lowest BCUT2D eigenvalue weighted by molar-refractivity contribution is 0.669. The summed E-state index contributed by atoms with van der Waals surface area (Å²) in [5.41, 5.74) is 14.6. The Bertz CT molecular complexity index is 3550. The first kappa shape index (κ1) is 35.5. The Morgan fingerprint density at radius 3 is 1.42 bits per heavy atom. The van der Waals surface area contributed by atoms with E-state index in [1.165, 1.54) is 10.8 Å². The number of para-hydroxylation sites is 2. The van der Waals surface area contributed by atoms with Gasteiger partial charge in [-0.3, -0.25) is 0 Å². The van der Waals surface area contributed by atoms with Crippen LogP contribution in [0.3, 0.4) is 0 Å². The van der Waals surface area contributed by atoms with Crippen LogP contribution < -0.4 is 0 Å². The highest BCUT2D eigenvalue weighted by atomic mass is 16.3. The summed E-state index contributed by atoms with van der Waals surface area (Å²) in [5, 5.41) is 4.65. The summed E-state index contributed by atoms with van der Waals surface area (Å²) in [6.45, 7) is 0. The molecule has 0 fully saturated rings. The van der Waals surface area contributed by atoms with Crippen LogP contribution in [-0.4, -0.2) is 19.5 Å². The molecule has 0 unspecified atom stereocenters. The van der Waals surface area contributed by atoms with Gasteiger partial charge in [0.05, 0.1) is 11.0 Å². The fourth-order valence-corrected chi connectivity index (χ4v) is 8.80. The highest BCUT2D eigenvalue weighted by molar-refractivity contribution is 6.11. The number of aromatic nitrogens is 4. The third kappa shape index (κ3) is 6.23. The zero-order chi connectivity index (χ0) is 41.0. The first-order valence-electron chi connectivity index (χ1n) is 20.8. The van der Waals surface area contributed by atoms with Gasteiger partial charge in [0.15, 0.2) is 17.5 Å². The molecule has 0 amide bonds. The second kappa shape index (κ2) is 14.7. The summed E-state index contributed by atoms with van der Waals surface area (Å²) < 4.78 is 8.52. The van der Waals surface area contributed by atoms with Gasteiger partial charge in [-0.1, -0.05) is 146 Å². The second-order valence-electron chi connectivity index (χ2n) is 15.6. The quantitative estimate of drug-likeness (QED) is 0.161. The monoisotopic (exact) mass is 792 g/mol. The topological polar surface area (TPSA) is 56.7 Å². The average Bonchev–Trinajstić information content (AvgIpc) is 3.89. The van der Waals surface area contributed by atoms with Crippen LogP contribution in [0.1, 0.15) is 0 Å². The maximum atomic E-state index is 6.16. The number of hydrogen-bond acceptors (Lipinski definition) is 4. The molecule has 0 radical (unpaired) electrons. The molecule has 0 saturated heterocycles. The molecule has 0 bridgehead atoms. The Morgan fingerprint density at radius 2 is 0.742 bits per heavy atom. The van der Waals surface area contributed by atoms with Crippen LogP contribution in [0.5, 0.6) is 0 Å². The normalized spacial score (nSPS) is 11.5. The van der Waals surface area contributed by atoms with E-state index in [1.807, 2.05) is 54.6 Å². The van der Waals surface area contributed by atoms with Crippen molar-refractivity contribution in [3.8, 4) is 73.2 Å². The third-order valence-electron chi connectivity index (χ3n) is 11.8. The number of benzene rings is 9. The number of nitrogens with zero attached hydrogens (tertiary/aromatic N) is 4. The number of hydrogen-bond donors (Lipinski definition) is 0. The van der Waals surface area contributed by atoms with Crippen LogP contribution in [0.15, 0.2) is 223 Å². The van der Waals surface area contributed by atoms with E-state index in [0.717, 1.165) is 88.7 Å². The van der Waals surface area contributed by atoms with Gasteiger partial charge in [-0.05, 0) is 106 Å². The number of furan rings is 1. The van der Waals surface area contributed by atoms with Gasteiger partial charge in [-0.2, -0.15) is 0 Å². The van der Waals surface area contributed by atoms with E-state index in [0.29, 0.717) is 17.5 Å². The van der Waals surface area contributed by atoms with Gasteiger partial charge < -0.3 is 8.98 Å². The maximum Gasteiger partial charge on any atom is 0.164 e. The molecular weight excluding hydrogens is 757 g/mol. The lowest BCUT2D eigenvalue weighted by atomic mass is 9.96. The number of rotatable bonds is 7. The number of fused-ring (bicyclic) bond motifs is 6. The molecule has 0 aliphatic heterocycles. The van der Waals surface area contributed by atoms with E-state index in [9.17, 15) is 0 Å². The van der Waals surface area contributed by atoms with Crippen LogP contribution >= 0.6 is 0 Å². The van der Waals surface area contributed by atoms with Gasteiger partial charge in [0.25, 0.3) is 0 Å². The zero-order valence-electron chi connectivity index (χ0n) is 33.5. The summed E-state index contributed by atoms with van der Waals surface area (Å²) in [7, 11) is 0. The van der Waals surface area contributed by atoms with E-state index in [2.05, 4.69) is 168 Å². The fourth-order valence-electron chi connectivity index (χ4n) is 8.80. The van der Waals surface area contributed by atoms with Gasteiger partial charge >= 0.3 is 0 Å². The predicted molar refractivity (Wildman–Crippen MR) is 254 cm³/mol. The fraction of sp³-hybridized carbons (Fsp3) is 0. The van der Waals surface area contributed by atoms with Crippen molar-refractivity contribution >= 4 is 43.7 Å². The SMILES string of the molecule is c1ccc(-c2cc(-c3ccccc3)cc(-c3nc(-c4ccccc4)nc(-c4ccc(-n5c6ccccc6c6ccc(-c7ccc8oc9ccccc9c8c7)cc65)cc4)n3)c2)cc1. The molecule has 0 aliphatic rings. The molecule has 5 nitrogen and oxygen atoms in total. The lowest BCUT2D eigenvalue weighted by Crippen LogP contribution is -2.01. The van der Waals surface area contributed by atoms with Crippen LogP contribution in [-0.2, 0) is 0 Å². The van der Waals surface area contributed by atoms with Gasteiger partial charge in [0, 0.05) is 43.9 Å². The summed E-state index contributed by atoms with van der Waals surface area (Å²) in [6.07, 6.45) is 0. The Labute approximate surface area is 357 Å². The van der Waals surface area contributed by atoms with E-state index in [-0.39, 0.29) is 0 Å². The summed E-state index contributed by atoms with van der Waals surface area (Å²) in [6, 6.07) is 76.5. The van der Waals surface area contributed by atoms with Crippen LogP contribution in [0.4, 0.5) is 0 Å². The molecular formula is C57H36N4O. The van der Waals surface area contributed by atoms with Crippen LogP contribution in [0.25, 0.3) is 117 Å². The van der Waals surface area contributed by atoms with E-state index in [4.69, 9.17) is 19.4 Å². The van der Waals surface area contributed by atoms with Crippen molar-refractivity contribution in [2.45, 2.75) is 0 Å². The lowest BCUT2D eigenvalue weighted by Gasteiger charge is -2.13. The Hall–Kier alpha value is -8.41. The first-order chi connectivity index (χ1) is 30.7. The molecule has 3 aromatic heterocycles. The molecule has 5 heteroatoms. The average molecular weight is 793 g/mol. The first-order valence-corrected chi connectivity index (χ1v) is 20.8. The minimum atomic E-state index is 0.610. The molecule has 12 aromatic rings. The highest BCUT2D eigenvalue weighted by Crippen LogP contribution is 2.38. The Kier molecular flexibility index (Phi) is 8.42. The van der Waals surface area contributed by atoms with E-state index < -0.39 is 0 Å². The third-order valence-corrected chi connectivity index (χ3v) is 11.8. The largest absolute Gasteiger partial charge is 0.456 e. The molecule has 0 N–H and O–H groups in total. The second-order valence-corrected chi connectivity index (χ2v) is 15.6. The zero-order valence-corrected chi connectivity index (χ0v) is 33.5. The van der Waals surface area contributed by atoms with Crippen molar-refractivity contribution in [1.82, 2.24) is 19.5 Å². The Balaban J connectivity index is 0.984. The van der Waals surface area contributed by atoms with Crippen molar-refractivity contribution < 1.29 is 4.42 Å². The standard InChI is InChI=1S/C57H36N4O/c1-4-14-37(15-5-1)43-32-44(38-16-6-2-7-17-38)34-45(33-43)57-59-55(39-18-8-3-9-19-39)58-56(60-57)40-24-28-46(29-25-40)61-51-22-12-10-20-47(51)48-30-26-42(36-52(48)61)41-27-31-54-50(35-41)49-21-11-13-23-53(49)62-54/h1-36H. The molecule has 0 aliphatic carbocycles. The molecule has 0 atom stereocenters. The highest BCUT2D eigenvalue weighted by Gasteiger charge is 2.18. The van der Waals surface area contributed by atoms with E-state index in [1.54, 1.807) is 0 Å². The minimum Gasteiger partial charge on any atom is -0.456 e. The smallest absolute Gasteiger partial charge is 0.164 e. The summed E-state index contributed by atoms with van der Waals surface area (Å²) in [5.74, 6) is 1.85. The summed E-state index contributed by atoms with van der Waals surface area (Å²) >= 11 is 0. The minimum absolute atomic E-state index is 0.610. The van der Waals surface area contributed by atoms with Gasteiger partial charge in [-0.25, -0.2) is 15.0 Å². The molecule has 12 rings (SSSR count). The van der Waals surface area contributed by atoms with Crippen LogP contribution in [0, 0.1) is 0 Å². The summed E-state index contributed by atoms with van der Waals surface area (Å²) in [4.78, 5) is 15.4. The Morgan fingerprint density at radius 1 is 0.274 bits per heavy atom. The molecule has 0 saturated carbocycles. The molecule has 0 spiro atoms.